The van der Waals surface area contributed by atoms with Crippen molar-refractivity contribution in [2.75, 3.05) is 35.7 Å². The fraction of sp³-hybridized carbons (Fsp3) is 0.409. The molecule has 3 heterocycles. The SMILES string of the molecule is CC1CCCCN1Cc1cccc(NC(=O)c2cnc3c(c2)N(C)C(=O)CN3)c1. The number of rotatable bonds is 4. The first-order chi connectivity index (χ1) is 14.0. The van der Waals surface area contributed by atoms with Gasteiger partial charge in [0.1, 0.15) is 5.82 Å². The Hall–Kier alpha value is -2.93. The van der Waals surface area contributed by atoms with E-state index in [1.807, 2.05) is 18.2 Å². The zero-order chi connectivity index (χ0) is 20.4. The number of likely N-dealkylation sites (N-methyl/N-ethyl adjacent to an activating group) is 1. The van der Waals surface area contributed by atoms with E-state index in [0.717, 1.165) is 18.8 Å². The average Bonchev–Trinajstić information content (AvgIpc) is 2.72. The molecular formula is C22H27N5O2. The van der Waals surface area contributed by atoms with Gasteiger partial charge in [0.05, 0.1) is 17.8 Å². The molecule has 1 saturated heterocycles. The molecule has 2 N–H and O–H groups in total. The van der Waals surface area contributed by atoms with Gasteiger partial charge in [-0.15, -0.1) is 0 Å². The summed E-state index contributed by atoms with van der Waals surface area (Å²) in [4.78, 5) is 33.0. The van der Waals surface area contributed by atoms with Crippen LogP contribution in [0.5, 0.6) is 0 Å². The van der Waals surface area contributed by atoms with E-state index in [4.69, 9.17) is 0 Å². The van der Waals surface area contributed by atoms with E-state index in [0.29, 0.717) is 23.1 Å². The molecule has 7 heteroatoms. The Kier molecular flexibility index (Phi) is 5.49. The number of hydrogen-bond acceptors (Lipinski definition) is 5. The van der Waals surface area contributed by atoms with Gasteiger partial charge in [-0.05, 0) is 50.1 Å². The van der Waals surface area contributed by atoms with Crippen LogP contribution in [0.25, 0.3) is 0 Å². The van der Waals surface area contributed by atoms with Gasteiger partial charge in [0, 0.05) is 31.5 Å². The van der Waals surface area contributed by atoms with Crippen LogP contribution < -0.4 is 15.5 Å². The van der Waals surface area contributed by atoms with Crippen LogP contribution in [0.3, 0.4) is 0 Å². The monoisotopic (exact) mass is 393 g/mol. The summed E-state index contributed by atoms with van der Waals surface area (Å²) in [6, 6.07) is 10.3. The summed E-state index contributed by atoms with van der Waals surface area (Å²) in [6.07, 6.45) is 5.33. The van der Waals surface area contributed by atoms with Gasteiger partial charge >= 0.3 is 0 Å². The first kappa shape index (κ1) is 19.4. The second-order valence-corrected chi connectivity index (χ2v) is 7.87. The summed E-state index contributed by atoms with van der Waals surface area (Å²) >= 11 is 0. The molecule has 0 bridgehead atoms. The van der Waals surface area contributed by atoms with Crippen LogP contribution >= 0.6 is 0 Å². The number of anilines is 3. The van der Waals surface area contributed by atoms with E-state index in [-0.39, 0.29) is 18.4 Å². The predicted octanol–water partition coefficient (Wildman–Crippen LogP) is 3.10. The van der Waals surface area contributed by atoms with E-state index in [1.54, 1.807) is 13.1 Å². The molecular weight excluding hydrogens is 366 g/mol. The number of hydrogen-bond donors (Lipinski definition) is 2. The average molecular weight is 393 g/mol. The van der Waals surface area contributed by atoms with Crippen molar-refractivity contribution >= 4 is 29.0 Å². The van der Waals surface area contributed by atoms with Crippen molar-refractivity contribution in [2.45, 2.75) is 38.8 Å². The highest BCUT2D eigenvalue weighted by molar-refractivity contribution is 6.07. The van der Waals surface area contributed by atoms with Gasteiger partial charge < -0.3 is 15.5 Å². The topological polar surface area (TPSA) is 77.6 Å². The molecule has 2 amide bonds. The molecule has 1 aromatic carbocycles. The highest BCUT2D eigenvalue weighted by Gasteiger charge is 2.23. The first-order valence-corrected chi connectivity index (χ1v) is 10.2. The number of nitrogens with one attached hydrogen (secondary N) is 2. The number of nitrogens with zero attached hydrogens (tertiary/aromatic N) is 3. The summed E-state index contributed by atoms with van der Waals surface area (Å²) in [5, 5.41) is 5.93. The molecule has 2 aromatic rings. The van der Waals surface area contributed by atoms with Crippen molar-refractivity contribution in [2.24, 2.45) is 0 Å². The van der Waals surface area contributed by atoms with Crippen molar-refractivity contribution in [1.82, 2.24) is 9.88 Å². The summed E-state index contributed by atoms with van der Waals surface area (Å²) in [7, 11) is 1.69. The lowest BCUT2D eigenvalue weighted by molar-refractivity contribution is -0.116. The quantitative estimate of drug-likeness (QED) is 0.835. The van der Waals surface area contributed by atoms with Gasteiger partial charge in [-0.2, -0.15) is 0 Å². The van der Waals surface area contributed by atoms with Gasteiger partial charge in [0.25, 0.3) is 5.91 Å². The lowest BCUT2D eigenvalue weighted by atomic mass is 10.0. The smallest absolute Gasteiger partial charge is 0.257 e. The van der Waals surface area contributed by atoms with Gasteiger partial charge in [-0.25, -0.2) is 4.98 Å². The third-order valence-electron chi connectivity index (χ3n) is 5.78. The van der Waals surface area contributed by atoms with E-state index in [9.17, 15) is 9.59 Å². The minimum Gasteiger partial charge on any atom is -0.359 e. The molecule has 0 aliphatic carbocycles. The Bertz CT molecular complexity index is 929. The highest BCUT2D eigenvalue weighted by atomic mass is 16.2. The largest absolute Gasteiger partial charge is 0.359 e. The summed E-state index contributed by atoms with van der Waals surface area (Å²) < 4.78 is 0. The van der Waals surface area contributed by atoms with E-state index >= 15 is 0 Å². The van der Waals surface area contributed by atoms with E-state index < -0.39 is 0 Å². The standard InChI is InChI=1S/C22H27N5O2/c1-15-6-3-4-9-27(15)14-16-7-5-8-18(10-16)25-22(29)17-11-19-21(23-12-17)24-13-20(28)26(19)2/h5,7-8,10-12,15H,3-4,6,9,13-14H2,1-2H3,(H,23,24)(H,25,29). The molecule has 1 fully saturated rings. The first-order valence-electron chi connectivity index (χ1n) is 10.2. The number of aromatic nitrogens is 1. The minimum absolute atomic E-state index is 0.0588. The van der Waals surface area contributed by atoms with Crippen molar-refractivity contribution < 1.29 is 9.59 Å². The predicted molar refractivity (Wildman–Crippen MR) is 114 cm³/mol. The summed E-state index contributed by atoms with van der Waals surface area (Å²) in [5.41, 5.74) is 2.98. The van der Waals surface area contributed by atoms with E-state index in [2.05, 4.69) is 33.5 Å². The number of likely N-dealkylation sites (tertiary alicyclic amines) is 1. The molecule has 1 aromatic heterocycles. The van der Waals surface area contributed by atoms with Crippen molar-refractivity contribution in [3.8, 4) is 0 Å². The zero-order valence-electron chi connectivity index (χ0n) is 16.9. The lowest BCUT2D eigenvalue weighted by Gasteiger charge is -2.33. The van der Waals surface area contributed by atoms with Crippen LogP contribution in [0.1, 0.15) is 42.1 Å². The molecule has 7 nitrogen and oxygen atoms in total. The number of benzene rings is 1. The summed E-state index contributed by atoms with van der Waals surface area (Å²) in [6.45, 7) is 4.51. The Morgan fingerprint density at radius 2 is 2.17 bits per heavy atom. The Balaban J connectivity index is 1.47. The van der Waals surface area contributed by atoms with Crippen molar-refractivity contribution in [1.29, 1.82) is 0 Å². The number of carbonyl (C=O) groups is 2. The summed E-state index contributed by atoms with van der Waals surface area (Å²) in [5.74, 6) is 0.313. The second kappa shape index (κ2) is 8.21. The fourth-order valence-electron chi connectivity index (χ4n) is 3.96. The highest BCUT2D eigenvalue weighted by Crippen LogP contribution is 2.27. The van der Waals surface area contributed by atoms with Gasteiger partial charge in [0.15, 0.2) is 0 Å². The number of fused-ring (bicyclic) bond motifs is 1. The number of pyridine rings is 1. The van der Waals surface area contributed by atoms with Crippen LogP contribution in [-0.2, 0) is 11.3 Å². The Morgan fingerprint density at radius 3 is 3.00 bits per heavy atom. The number of carbonyl (C=O) groups excluding carboxylic acids is 2. The zero-order valence-corrected chi connectivity index (χ0v) is 16.9. The number of piperidine rings is 1. The number of amides is 2. The molecule has 2 aliphatic rings. The minimum atomic E-state index is -0.241. The molecule has 4 rings (SSSR count). The molecule has 0 saturated carbocycles. The third-order valence-corrected chi connectivity index (χ3v) is 5.78. The van der Waals surface area contributed by atoms with Gasteiger partial charge in [-0.1, -0.05) is 18.6 Å². The van der Waals surface area contributed by atoms with E-state index in [1.165, 1.54) is 35.9 Å². The molecule has 0 radical (unpaired) electrons. The Labute approximate surface area is 171 Å². The van der Waals surface area contributed by atoms with Crippen LogP contribution in [0.15, 0.2) is 36.5 Å². The molecule has 152 valence electrons. The van der Waals surface area contributed by atoms with Crippen molar-refractivity contribution in [3.63, 3.8) is 0 Å². The van der Waals surface area contributed by atoms with Crippen LogP contribution in [-0.4, -0.2) is 47.9 Å². The van der Waals surface area contributed by atoms with Crippen LogP contribution in [0, 0.1) is 0 Å². The third kappa shape index (κ3) is 4.24. The van der Waals surface area contributed by atoms with Crippen molar-refractivity contribution in [3.05, 3.63) is 47.7 Å². The Morgan fingerprint density at radius 1 is 1.31 bits per heavy atom. The molecule has 0 spiro atoms. The molecule has 1 atom stereocenters. The molecule has 29 heavy (non-hydrogen) atoms. The molecule has 2 aliphatic heterocycles. The molecule has 1 unspecified atom stereocenters. The maximum atomic E-state index is 12.8. The van der Waals surface area contributed by atoms with Gasteiger partial charge in [0.2, 0.25) is 5.91 Å². The van der Waals surface area contributed by atoms with Crippen LogP contribution in [0.2, 0.25) is 0 Å². The normalized spacial score (nSPS) is 19.4. The maximum Gasteiger partial charge on any atom is 0.257 e. The fourth-order valence-corrected chi connectivity index (χ4v) is 3.96. The maximum absolute atomic E-state index is 12.8. The lowest BCUT2D eigenvalue weighted by Crippen LogP contribution is -2.37. The van der Waals surface area contributed by atoms with Crippen LogP contribution in [0.4, 0.5) is 17.2 Å². The van der Waals surface area contributed by atoms with Gasteiger partial charge in [-0.3, -0.25) is 14.5 Å². The second-order valence-electron chi connectivity index (χ2n) is 7.87.